The van der Waals surface area contributed by atoms with Crippen LogP contribution in [0.4, 0.5) is 0 Å². The number of benzene rings is 2. The van der Waals surface area contributed by atoms with Gasteiger partial charge in [-0.05, 0) is 19.9 Å². The van der Waals surface area contributed by atoms with Gasteiger partial charge in [0.15, 0.2) is 17.9 Å². The Bertz CT molecular complexity index is 1560. The quantitative estimate of drug-likeness (QED) is 0.241. The van der Waals surface area contributed by atoms with E-state index >= 15 is 0 Å². The number of phenolic OH excluding ortho intramolecular Hbond substituents is 2. The van der Waals surface area contributed by atoms with Gasteiger partial charge in [0, 0.05) is 55.1 Å². The summed E-state index contributed by atoms with van der Waals surface area (Å²) in [7, 11) is 1.34. The predicted molar refractivity (Wildman–Crippen MR) is 155 cm³/mol. The van der Waals surface area contributed by atoms with Gasteiger partial charge in [-0.15, -0.1) is 0 Å². The third-order valence-electron chi connectivity index (χ3n) is 9.47. The minimum absolute atomic E-state index is 0.0431. The number of hydrogen-bond donors (Lipinski definition) is 5. The first-order chi connectivity index (χ1) is 21.4. The van der Waals surface area contributed by atoms with Crippen molar-refractivity contribution in [2.45, 2.75) is 75.5 Å². The molecule has 5 N–H and O–H groups in total. The van der Waals surface area contributed by atoms with Crippen molar-refractivity contribution in [3.63, 3.8) is 0 Å². The first-order valence-corrected chi connectivity index (χ1v) is 15.0. The van der Waals surface area contributed by atoms with Crippen LogP contribution in [0.25, 0.3) is 0 Å². The maximum Gasteiger partial charge on any atom is 0.202 e. The maximum absolute atomic E-state index is 13.8. The zero-order chi connectivity index (χ0) is 32.4. The van der Waals surface area contributed by atoms with E-state index in [1.807, 2.05) is 6.92 Å². The SMILES string of the molecule is COc1cccc2c1C(=O)c1c(O)c3c(c(O)c1C2=O)C[C@@](O)(C(=O)CO)C[C@@H]3O[C@H]1C[C@H](N2CCO[C@H](C)C2)[C@H](O)[C@H](C)O1. The lowest BCUT2D eigenvalue weighted by atomic mass is 9.72. The number of ketones is 3. The minimum atomic E-state index is -2.24. The highest BCUT2D eigenvalue weighted by atomic mass is 16.7. The van der Waals surface area contributed by atoms with Crippen molar-refractivity contribution in [2.24, 2.45) is 0 Å². The van der Waals surface area contributed by atoms with E-state index < -0.39 is 89.6 Å². The van der Waals surface area contributed by atoms with Crippen LogP contribution in [-0.4, -0.2) is 117 Å². The van der Waals surface area contributed by atoms with Crippen molar-refractivity contribution >= 4 is 17.3 Å². The van der Waals surface area contributed by atoms with Crippen LogP contribution in [0.15, 0.2) is 18.2 Å². The van der Waals surface area contributed by atoms with Gasteiger partial charge in [-0.1, -0.05) is 12.1 Å². The average Bonchev–Trinajstić information content (AvgIpc) is 3.02. The van der Waals surface area contributed by atoms with Crippen LogP contribution in [0.3, 0.4) is 0 Å². The fourth-order valence-electron chi connectivity index (χ4n) is 7.20. The first-order valence-electron chi connectivity index (χ1n) is 15.0. The Morgan fingerprint density at radius 3 is 2.53 bits per heavy atom. The minimum Gasteiger partial charge on any atom is -0.507 e. The summed E-state index contributed by atoms with van der Waals surface area (Å²) in [6.07, 6.45) is -4.76. The fraction of sp³-hybridized carbons (Fsp3) is 0.531. The number of methoxy groups -OCH3 is 1. The molecule has 0 aromatic heterocycles. The van der Waals surface area contributed by atoms with E-state index in [9.17, 15) is 39.9 Å². The predicted octanol–water partition coefficient (Wildman–Crippen LogP) is 0.763. The third-order valence-corrected chi connectivity index (χ3v) is 9.47. The van der Waals surface area contributed by atoms with E-state index in [2.05, 4.69) is 4.90 Å². The zero-order valence-corrected chi connectivity index (χ0v) is 25.2. The second kappa shape index (κ2) is 11.7. The van der Waals surface area contributed by atoms with Crippen molar-refractivity contribution in [3.05, 3.63) is 51.6 Å². The van der Waals surface area contributed by atoms with Gasteiger partial charge in [0.1, 0.15) is 29.5 Å². The summed E-state index contributed by atoms with van der Waals surface area (Å²) in [5.41, 5.74) is -3.53. The fourth-order valence-corrected chi connectivity index (χ4v) is 7.20. The number of nitrogens with zero attached hydrogens (tertiary/aromatic N) is 1. The summed E-state index contributed by atoms with van der Waals surface area (Å²) in [6, 6.07) is 4.02. The normalized spacial score (nSPS) is 31.6. The molecule has 45 heavy (non-hydrogen) atoms. The maximum atomic E-state index is 13.8. The number of fused-ring (bicyclic) bond motifs is 3. The molecule has 2 fully saturated rings. The van der Waals surface area contributed by atoms with Crippen LogP contribution in [0.2, 0.25) is 0 Å². The zero-order valence-electron chi connectivity index (χ0n) is 25.2. The molecule has 0 radical (unpaired) electrons. The molecule has 2 aromatic rings. The molecule has 7 atom stereocenters. The highest BCUT2D eigenvalue weighted by Gasteiger charge is 2.50. The molecule has 6 rings (SSSR count). The van der Waals surface area contributed by atoms with Gasteiger partial charge >= 0.3 is 0 Å². The van der Waals surface area contributed by atoms with E-state index in [4.69, 9.17) is 18.9 Å². The number of morpholine rings is 1. The Hall–Kier alpha value is -3.43. The largest absolute Gasteiger partial charge is 0.507 e. The molecule has 0 unspecified atom stereocenters. The second-order valence-corrected chi connectivity index (χ2v) is 12.2. The molecule has 4 aliphatic rings. The van der Waals surface area contributed by atoms with Gasteiger partial charge in [-0.25, -0.2) is 0 Å². The van der Waals surface area contributed by atoms with Crippen molar-refractivity contribution in [2.75, 3.05) is 33.4 Å². The number of phenols is 2. The van der Waals surface area contributed by atoms with E-state index in [1.165, 1.54) is 25.3 Å². The standard InChI is InChI=1S/C32H37NO12/c1-14-12-33(7-8-43-14)18-9-22(44-15(2)27(18)36)45-20-11-32(41,21(35)13-34)10-17-24(20)31(40)26-25(29(17)38)28(37)16-5-4-6-19(42-3)23(16)30(26)39/h4-6,14-15,18,20,22,27,34,36,38,40-41H,7-13H2,1-3H3/t14-,15+,18+,20+,22+,27-,32+/m1/s1. The highest BCUT2D eigenvalue weighted by Crippen LogP contribution is 2.52. The van der Waals surface area contributed by atoms with Crippen LogP contribution >= 0.6 is 0 Å². The number of Topliss-reactive ketones (excluding diaryl/α,β-unsaturated/α-hetero) is 1. The van der Waals surface area contributed by atoms with Gasteiger partial charge in [-0.2, -0.15) is 0 Å². The molecule has 2 aromatic carbocycles. The van der Waals surface area contributed by atoms with Crippen LogP contribution in [0, 0.1) is 0 Å². The molecule has 0 amide bonds. The molecule has 13 heteroatoms. The monoisotopic (exact) mass is 627 g/mol. The number of rotatable bonds is 6. The molecule has 2 heterocycles. The molecular weight excluding hydrogens is 590 g/mol. The van der Waals surface area contributed by atoms with E-state index in [-0.39, 0.29) is 46.6 Å². The number of ether oxygens (including phenoxy) is 4. The van der Waals surface area contributed by atoms with Gasteiger partial charge in [-0.3, -0.25) is 19.3 Å². The van der Waals surface area contributed by atoms with Crippen molar-refractivity contribution in [1.29, 1.82) is 0 Å². The first kappa shape index (κ1) is 31.5. The number of carbonyl (C=O) groups is 3. The van der Waals surface area contributed by atoms with Crippen LogP contribution < -0.4 is 4.74 Å². The molecule has 0 spiro atoms. The van der Waals surface area contributed by atoms with Crippen molar-refractivity contribution in [3.8, 4) is 17.2 Å². The van der Waals surface area contributed by atoms with E-state index in [0.717, 1.165) is 0 Å². The molecular formula is C32H37NO12. The smallest absolute Gasteiger partial charge is 0.202 e. The number of aliphatic hydroxyl groups excluding tert-OH is 2. The second-order valence-electron chi connectivity index (χ2n) is 12.2. The van der Waals surface area contributed by atoms with Gasteiger partial charge in [0.05, 0.1) is 54.8 Å². The number of carbonyl (C=O) groups excluding carboxylic acids is 3. The molecule has 2 aliphatic carbocycles. The number of hydrogen-bond acceptors (Lipinski definition) is 13. The van der Waals surface area contributed by atoms with Gasteiger partial charge < -0.3 is 44.5 Å². The summed E-state index contributed by atoms with van der Waals surface area (Å²) in [5, 5.41) is 55.4. The van der Waals surface area contributed by atoms with Gasteiger partial charge in [0.25, 0.3) is 0 Å². The molecule has 242 valence electrons. The van der Waals surface area contributed by atoms with Gasteiger partial charge in [0.2, 0.25) is 5.78 Å². The lowest BCUT2D eigenvalue weighted by Crippen LogP contribution is -2.59. The Morgan fingerprint density at radius 2 is 1.84 bits per heavy atom. The highest BCUT2D eigenvalue weighted by molar-refractivity contribution is 6.31. The third kappa shape index (κ3) is 5.12. The number of aromatic hydroxyl groups is 2. The Kier molecular flexibility index (Phi) is 8.23. The molecule has 13 nitrogen and oxygen atoms in total. The summed E-state index contributed by atoms with van der Waals surface area (Å²) < 4.78 is 23.3. The lowest BCUT2D eigenvalue weighted by molar-refractivity contribution is -0.261. The summed E-state index contributed by atoms with van der Waals surface area (Å²) in [4.78, 5) is 42.4. The Balaban J connectivity index is 1.44. The van der Waals surface area contributed by atoms with E-state index in [1.54, 1.807) is 6.92 Å². The average molecular weight is 628 g/mol. The lowest BCUT2D eigenvalue weighted by Gasteiger charge is -2.47. The van der Waals surface area contributed by atoms with Crippen LogP contribution in [-0.2, 0) is 25.4 Å². The van der Waals surface area contributed by atoms with Crippen molar-refractivity contribution in [1.82, 2.24) is 4.90 Å². The summed E-state index contributed by atoms with van der Waals surface area (Å²) in [5.74, 6) is -3.69. The molecule has 2 aliphatic heterocycles. The van der Waals surface area contributed by atoms with Crippen LogP contribution in [0.5, 0.6) is 17.2 Å². The molecule has 2 saturated heterocycles. The molecule has 0 bridgehead atoms. The number of aliphatic hydroxyl groups is 3. The topological polar surface area (TPSA) is 193 Å². The van der Waals surface area contributed by atoms with Crippen molar-refractivity contribution < 1.29 is 58.9 Å². The van der Waals surface area contributed by atoms with E-state index in [0.29, 0.717) is 19.7 Å². The van der Waals surface area contributed by atoms with Crippen LogP contribution in [0.1, 0.15) is 75.8 Å². The Morgan fingerprint density at radius 1 is 1.11 bits per heavy atom. The molecule has 0 saturated carbocycles. The summed E-state index contributed by atoms with van der Waals surface area (Å²) >= 11 is 0. The summed E-state index contributed by atoms with van der Waals surface area (Å²) in [6.45, 7) is 4.23. The Labute approximate surface area is 258 Å².